The zero-order valence-electron chi connectivity index (χ0n) is 13.5. The molecule has 0 radical (unpaired) electrons. The first-order valence-electron chi connectivity index (χ1n) is 7.65. The first-order chi connectivity index (χ1) is 12.0. The van der Waals surface area contributed by atoms with Crippen LogP contribution < -0.4 is 4.72 Å². The summed E-state index contributed by atoms with van der Waals surface area (Å²) in [7, 11) is -3.93. The Kier molecular flexibility index (Phi) is 4.67. The van der Waals surface area contributed by atoms with Crippen LogP contribution in [0.15, 0.2) is 65.7 Å². The standard InChI is InChI=1S/C18H16N2O4S/c1-2-24-18(21)14-9-3-4-10-15(14)20-25(22,23)16-11-5-7-13-8-6-12-19-17(13)16/h3-12,20H,2H2,1H3. The van der Waals surface area contributed by atoms with Crippen LogP contribution in [0.1, 0.15) is 17.3 Å². The normalized spacial score (nSPS) is 11.2. The van der Waals surface area contributed by atoms with Crippen molar-refractivity contribution in [3.05, 3.63) is 66.4 Å². The largest absolute Gasteiger partial charge is 0.462 e. The van der Waals surface area contributed by atoms with Gasteiger partial charge in [0.1, 0.15) is 4.90 Å². The predicted octanol–water partition coefficient (Wildman–Crippen LogP) is 3.21. The van der Waals surface area contributed by atoms with Crippen LogP contribution in [0.3, 0.4) is 0 Å². The molecule has 0 spiro atoms. The summed E-state index contributed by atoms with van der Waals surface area (Å²) in [6, 6.07) is 14.7. The highest BCUT2D eigenvalue weighted by molar-refractivity contribution is 7.93. The van der Waals surface area contributed by atoms with Gasteiger partial charge in [-0.3, -0.25) is 9.71 Å². The van der Waals surface area contributed by atoms with Crippen molar-refractivity contribution in [3.8, 4) is 0 Å². The molecular weight excluding hydrogens is 340 g/mol. The summed E-state index contributed by atoms with van der Waals surface area (Å²) in [4.78, 5) is 16.2. The van der Waals surface area contributed by atoms with Gasteiger partial charge in [0, 0.05) is 11.6 Å². The Morgan fingerprint density at radius 1 is 1.08 bits per heavy atom. The second-order valence-corrected chi connectivity index (χ2v) is 6.85. The summed E-state index contributed by atoms with van der Waals surface area (Å²) < 4.78 is 33.1. The van der Waals surface area contributed by atoms with Crippen molar-refractivity contribution in [2.45, 2.75) is 11.8 Å². The number of rotatable bonds is 5. The van der Waals surface area contributed by atoms with Gasteiger partial charge < -0.3 is 4.74 Å². The minimum absolute atomic E-state index is 0.0456. The monoisotopic (exact) mass is 356 g/mol. The molecule has 0 saturated heterocycles. The van der Waals surface area contributed by atoms with Gasteiger partial charge in [0.15, 0.2) is 0 Å². The van der Waals surface area contributed by atoms with Crippen molar-refractivity contribution in [1.29, 1.82) is 0 Å². The molecule has 0 amide bonds. The minimum Gasteiger partial charge on any atom is -0.462 e. The average Bonchev–Trinajstić information content (AvgIpc) is 2.61. The Labute approximate surface area is 145 Å². The molecule has 1 N–H and O–H groups in total. The van der Waals surface area contributed by atoms with Gasteiger partial charge >= 0.3 is 5.97 Å². The van der Waals surface area contributed by atoms with E-state index in [1.165, 1.54) is 24.4 Å². The molecule has 0 atom stereocenters. The molecule has 0 saturated carbocycles. The number of esters is 1. The summed E-state index contributed by atoms with van der Waals surface area (Å²) in [5.41, 5.74) is 0.682. The van der Waals surface area contributed by atoms with Gasteiger partial charge in [-0.25, -0.2) is 13.2 Å². The number of anilines is 1. The highest BCUT2D eigenvalue weighted by Crippen LogP contribution is 2.25. The van der Waals surface area contributed by atoms with E-state index in [0.717, 1.165) is 0 Å². The van der Waals surface area contributed by atoms with Crippen LogP contribution in [0.2, 0.25) is 0 Å². The number of nitrogens with zero attached hydrogens (tertiary/aromatic N) is 1. The summed E-state index contributed by atoms with van der Waals surface area (Å²) in [5.74, 6) is -0.586. The van der Waals surface area contributed by atoms with Gasteiger partial charge in [0.2, 0.25) is 0 Å². The highest BCUT2D eigenvalue weighted by atomic mass is 32.2. The number of pyridine rings is 1. The number of fused-ring (bicyclic) bond motifs is 1. The number of benzene rings is 2. The molecule has 3 rings (SSSR count). The molecule has 0 aliphatic rings. The second-order valence-electron chi connectivity index (χ2n) is 5.20. The molecular formula is C18H16N2O4S. The lowest BCUT2D eigenvalue weighted by molar-refractivity contribution is 0.0527. The van der Waals surface area contributed by atoms with Gasteiger partial charge in [0.05, 0.1) is 23.4 Å². The third-order valence-corrected chi connectivity index (χ3v) is 4.95. The Morgan fingerprint density at radius 3 is 2.64 bits per heavy atom. The molecule has 7 heteroatoms. The van der Waals surface area contributed by atoms with Crippen LogP contribution >= 0.6 is 0 Å². The van der Waals surface area contributed by atoms with E-state index in [9.17, 15) is 13.2 Å². The lowest BCUT2D eigenvalue weighted by Crippen LogP contribution is -2.17. The van der Waals surface area contributed by atoms with Crippen molar-refractivity contribution >= 4 is 32.6 Å². The van der Waals surface area contributed by atoms with E-state index in [0.29, 0.717) is 10.9 Å². The van der Waals surface area contributed by atoms with Crippen LogP contribution in [-0.2, 0) is 14.8 Å². The molecule has 25 heavy (non-hydrogen) atoms. The van der Waals surface area contributed by atoms with Crippen LogP contribution in [0.5, 0.6) is 0 Å². The third-order valence-electron chi connectivity index (χ3n) is 3.55. The molecule has 6 nitrogen and oxygen atoms in total. The molecule has 0 unspecified atom stereocenters. The first kappa shape index (κ1) is 16.9. The maximum Gasteiger partial charge on any atom is 0.340 e. The third kappa shape index (κ3) is 3.46. The summed E-state index contributed by atoms with van der Waals surface area (Å²) in [6.45, 7) is 1.89. The van der Waals surface area contributed by atoms with Crippen molar-refractivity contribution in [3.63, 3.8) is 0 Å². The Morgan fingerprint density at radius 2 is 1.84 bits per heavy atom. The fourth-order valence-corrected chi connectivity index (χ4v) is 3.71. The molecule has 0 aliphatic heterocycles. The van der Waals surface area contributed by atoms with Crippen LogP contribution in [-0.4, -0.2) is 26.0 Å². The van der Waals surface area contributed by atoms with Gasteiger partial charge in [-0.1, -0.05) is 30.3 Å². The quantitative estimate of drug-likeness (QED) is 0.710. The van der Waals surface area contributed by atoms with Crippen molar-refractivity contribution in [1.82, 2.24) is 4.98 Å². The van der Waals surface area contributed by atoms with Crippen molar-refractivity contribution < 1.29 is 17.9 Å². The number of nitrogens with one attached hydrogen (secondary N) is 1. The Bertz CT molecular complexity index is 1030. The second kappa shape index (κ2) is 6.90. The fraction of sp³-hybridized carbons (Fsp3) is 0.111. The predicted molar refractivity (Wildman–Crippen MR) is 95.0 cm³/mol. The zero-order chi connectivity index (χ0) is 17.9. The molecule has 0 fully saturated rings. The van der Waals surface area contributed by atoms with Crippen LogP contribution in [0.4, 0.5) is 5.69 Å². The SMILES string of the molecule is CCOC(=O)c1ccccc1NS(=O)(=O)c1cccc2cccnc12. The molecule has 0 aliphatic carbocycles. The number of hydrogen-bond donors (Lipinski definition) is 1. The van der Waals surface area contributed by atoms with Gasteiger partial charge in [-0.2, -0.15) is 0 Å². The number of carbonyl (C=O) groups excluding carboxylic acids is 1. The minimum atomic E-state index is -3.93. The van der Waals surface area contributed by atoms with Gasteiger partial charge in [-0.15, -0.1) is 0 Å². The van der Waals surface area contributed by atoms with Gasteiger partial charge in [-0.05, 0) is 31.2 Å². The number of ether oxygens (including phenoxy) is 1. The summed E-state index contributed by atoms with van der Waals surface area (Å²) >= 11 is 0. The van der Waals surface area contributed by atoms with E-state index in [-0.39, 0.29) is 22.8 Å². The van der Waals surface area contributed by atoms with E-state index in [1.807, 2.05) is 0 Å². The first-order valence-corrected chi connectivity index (χ1v) is 9.14. The highest BCUT2D eigenvalue weighted by Gasteiger charge is 2.21. The smallest absolute Gasteiger partial charge is 0.340 e. The Hall–Kier alpha value is -2.93. The number of hydrogen-bond acceptors (Lipinski definition) is 5. The van der Waals surface area contributed by atoms with E-state index in [4.69, 9.17) is 4.74 Å². The lowest BCUT2D eigenvalue weighted by atomic mass is 10.2. The number of carbonyl (C=O) groups is 1. The zero-order valence-corrected chi connectivity index (χ0v) is 14.3. The van der Waals surface area contributed by atoms with Crippen LogP contribution in [0, 0.1) is 0 Å². The molecule has 1 aromatic heterocycles. The van der Waals surface area contributed by atoms with Crippen molar-refractivity contribution in [2.24, 2.45) is 0 Å². The van der Waals surface area contributed by atoms with Crippen molar-refractivity contribution in [2.75, 3.05) is 11.3 Å². The molecule has 2 aromatic carbocycles. The number of aromatic nitrogens is 1. The van der Waals surface area contributed by atoms with E-state index < -0.39 is 16.0 Å². The number of sulfonamides is 1. The van der Waals surface area contributed by atoms with Gasteiger partial charge in [0.25, 0.3) is 10.0 Å². The van der Waals surface area contributed by atoms with E-state index in [2.05, 4.69) is 9.71 Å². The molecule has 128 valence electrons. The lowest BCUT2D eigenvalue weighted by Gasteiger charge is -2.13. The summed E-state index contributed by atoms with van der Waals surface area (Å²) in [5, 5.41) is 0.712. The maximum absolute atomic E-state index is 12.8. The maximum atomic E-state index is 12.8. The average molecular weight is 356 g/mol. The Balaban J connectivity index is 2.04. The van der Waals surface area contributed by atoms with E-state index in [1.54, 1.807) is 43.3 Å². The molecule has 3 aromatic rings. The van der Waals surface area contributed by atoms with E-state index >= 15 is 0 Å². The summed E-state index contributed by atoms with van der Waals surface area (Å²) in [6.07, 6.45) is 1.54. The topological polar surface area (TPSA) is 85.4 Å². The number of para-hydroxylation sites is 2. The molecule has 1 heterocycles. The fourth-order valence-electron chi connectivity index (χ4n) is 2.45. The van der Waals surface area contributed by atoms with Crippen LogP contribution in [0.25, 0.3) is 10.9 Å². The molecule has 0 bridgehead atoms.